The van der Waals surface area contributed by atoms with Gasteiger partial charge in [-0.1, -0.05) is 0 Å². The van der Waals surface area contributed by atoms with Gasteiger partial charge in [-0.25, -0.2) is 0 Å². The van der Waals surface area contributed by atoms with Crippen LogP contribution >= 0.6 is 0 Å². The summed E-state index contributed by atoms with van der Waals surface area (Å²) in [4.78, 5) is 11.1. The molecule has 1 aliphatic rings. The van der Waals surface area contributed by atoms with Crippen LogP contribution in [0.1, 0.15) is 27.7 Å². The van der Waals surface area contributed by atoms with Gasteiger partial charge in [0.2, 0.25) is 0 Å². The monoisotopic (exact) mass is 248 g/mol. The smallest absolute Gasteiger partial charge is 0.184 e. The van der Waals surface area contributed by atoms with Crippen LogP contribution in [0, 0.1) is 0 Å². The minimum Gasteiger partial charge on any atom is -0.387 e. The number of ether oxygens (including phenoxy) is 2. The molecular weight excluding hydrogens is 228 g/mol. The van der Waals surface area contributed by atoms with Gasteiger partial charge in [-0.15, -0.1) is 0 Å². The van der Waals surface area contributed by atoms with Crippen LogP contribution in [0.3, 0.4) is 0 Å². The third kappa shape index (κ3) is 3.46. The van der Waals surface area contributed by atoms with Gasteiger partial charge in [-0.3, -0.25) is 4.79 Å². The average molecular weight is 248 g/mol. The molecule has 100 valence electrons. The SMILES string of the molecule is CC(=O)[C@H]1O[C@@H](O)[C@H](OC(C)(C)C)[C@@H](O)[C@@H]1O. The van der Waals surface area contributed by atoms with Crippen molar-refractivity contribution in [2.24, 2.45) is 0 Å². The summed E-state index contributed by atoms with van der Waals surface area (Å²) in [6.07, 6.45) is -6.52. The predicted molar refractivity (Wildman–Crippen MR) is 58.2 cm³/mol. The Labute approximate surface area is 100 Å². The minimum atomic E-state index is -1.44. The Morgan fingerprint density at radius 1 is 1.18 bits per heavy atom. The summed E-state index contributed by atoms with van der Waals surface area (Å²) in [5, 5.41) is 29.2. The van der Waals surface area contributed by atoms with Crippen LogP contribution in [0.25, 0.3) is 0 Å². The molecule has 0 aliphatic carbocycles. The Hall–Kier alpha value is -0.530. The fourth-order valence-corrected chi connectivity index (χ4v) is 1.72. The van der Waals surface area contributed by atoms with Crippen LogP contribution < -0.4 is 0 Å². The first kappa shape index (κ1) is 14.5. The van der Waals surface area contributed by atoms with Crippen molar-refractivity contribution < 1.29 is 29.6 Å². The Balaban J connectivity index is 2.80. The van der Waals surface area contributed by atoms with Gasteiger partial charge in [0, 0.05) is 0 Å². The predicted octanol–water partition coefficient (Wildman–Crippen LogP) is -0.802. The Morgan fingerprint density at radius 2 is 1.71 bits per heavy atom. The number of aliphatic hydroxyl groups excluding tert-OH is 3. The van der Waals surface area contributed by atoms with Crippen LogP contribution in [0.5, 0.6) is 0 Å². The second kappa shape index (κ2) is 4.99. The van der Waals surface area contributed by atoms with E-state index in [1.54, 1.807) is 20.8 Å². The molecule has 1 saturated heterocycles. The molecule has 1 heterocycles. The number of hydrogen-bond acceptors (Lipinski definition) is 6. The molecule has 17 heavy (non-hydrogen) atoms. The van der Waals surface area contributed by atoms with Crippen molar-refractivity contribution in [1.82, 2.24) is 0 Å². The Kier molecular flexibility index (Phi) is 4.27. The zero-order valence-electron chi connectivity index (χ0n) is 10.5. The molecule has 3 N–H and O–H groups in total. The van der Waals surface area contributed by atoms with Gasteiger partial charge >= 0.3 is 0 Å². The van der Waals surface area contributed by atoms with E-state index in [0.29, 0.717) is 0 Å². The third-order valence-electron chi connectivity index (χ3n) is 2.45. The minimum absolute atomic E-state index is 0.454. The maximum absolute atomic E-state index is 11.1. The van der Waals surface area contributed by atoms with E-state index < -0.39 is 42.1 Å². The van der Waals surface area contributed by atoms with Crippen LogP contribution in [0.15, 0.2) is 0 Å². The molecule has 0 amide bonds. The zero-order valence-corrected chi connectivity index (χ0v) is 10.5. The molecule has 6 heteroatoms. The molecule has 0 radical (unpaired) electrons. The fourth-order valence-electron chi connectivity index (χ4n) is 1.72. The highest BCUT2D eigenvalue weighted by Gasteiger charge is 2.47. The van der Waals surface area contributed by atoms with E-state index >= 15 is 0 Å². The first-order valence-electron chi connectivity index (χ1n) is 5.51. The van der Waals surface area contributed by atoms with E-state index in [1.165, 1.54) is 6.92 Å². The van der Waals surface area contributed by atoms with E-state index in [-0.39, 0.29) is 0 Å². The molecule has 1 fully saturated rings. The second-order valence-electron chi connectivity index (χ2n) is 5.23. The maximum Gasteiger partial charge on any atom is 0.184 e. The summed E-state index contributed by atoms with van der Waals surface area (Å²) >= 11 is 0. The van der Waals surface area contributed by atoms with Gasteiger partial charge in [0.05, 0.1) is 5.60 Å². The lowest BCUT2D eigenvalue weighted by Crippen LogP contribution is -2.61. The highest BCUT2D eigenvalue weighted by Crippen LogP contribution is 2.26. The summed E-state index contributed by atoms with van der Waals surface area (Å²) < 4.78 is 10.4. The summed E-state index contributed by atoms with van der Waals surface area (Å²) in [5.74, 6) is -0.454. The summed E-state index contributed by atoms with van der Waals surface area (Å²) in [6.45, 7) is 6.46. The molecule has 0 bridgehead atoms. The molecule has 0 spiro atoms. The molecule has 0 aromatic rings. The highest BCUT2D eigenvalue weighted by atomic mass is 16.7. The van der Waals surface area contributed by atoms with Crippen LogP contribution in [0.2, 0.25) is 0 Å². The third-order valence-corrected chi connectivity index (χ3v) is 2.45. The first-order chi connectivity index (χ1) is 7.63. The summed E-state index contributed by atoms with van der Waals surface area (Å²) in [7, 11) is 0. The largest absolute Gasteiger partial charge is 0.387 e. The van der Waals surface area contributed by atoms with Crippen molar-refractivity contribution in [3.8, 4) is 0 Å². The quantitative estimate of drug-likeness (QED) is 0.592. The van der Waals surface area contributed by atoms with E-state index in [0.717, 1.165) is 0 Å². The molecular formula is C11H20O6. The fraction of sp³-hybridized carbons (Fsp3) is 0.909. The first-order valence-corrected chi connectivity index (χ1v) is 5.51. The van der Waals surface area contributed by atoms with E-state index in [1.807, 2.05) is 0 Å². The number of Topliss-reactive ketones (excluding diaryl/α,β-unsaturated/α-hetero) is 1. The van der Waals surface area contributed by atoms with Crippen molar-refractivity contribution in [3.05, 3.63) is 0 Å². The average Bonchev–Trinajstić information content (AvgIpc) is 2.16. The molecule has 0 aromatic heterocycles. The topological polar surface area (TPSA) is 96.2 Å². The highest BCUT2D eigenvalue weighted by molar-refractivity contribution is 5.81. The van der Waals surface area contributed by atoms with Gasteiger partial charge in [-0.2, -0.15) is 0 Å². The van der Waals surface area contributed by atoms with Gasteiger partial charge in [-0.05, 0) is 27.7 Å². The molecule has 5 atom stereocenters. The van der Waals surface area contributed by atoms with E-state index in [9.17, 15) is 20.1 Å². The van der Waals surface area contributed by atoms with Gasteiger partial charge in [0.15, 0.2) is 12.1 Å². The lowest BCUT2D eigenvalue weighted by atomic mass is 9.96. The van der Waals surface area contributed by atoms with Gasteiger partial charge < -0.3 is 24.8 Å². The Bertz CT molecular complexity index is 284. The number of hydrogen-bond donors (Lipinski definition) is 3. The summed E-state index contributed by atoms with van der Waals surface area (Å²) in [5.41, 5.74) is -0.612. The molecule has 0 saturated carbocycles. The summed E-state index contributed by atoms with van der Waals surface area (Å²) in [6, 6.07) is 0. The number of ketones is 1. The van der Waals surface area contributed by atoms with Crippen molar-refractivity contribution in [1.29, 1.82) is 0 Å². The molecule has 6 nitrogen and oxygen atoms in total. The number of aliphatic hydroxyl groups is 3. The van der Waals surface area contributed by atoms with E-state index in [2.05, 4.69) is 0 Å². The zero-order chi connectivity index (χ0) is 13.4. The molecule has 0 unspecified atom stereocenters. The van der Waals surface area contributed by atoms with Crippen molar-refractivity contribution in [2.45, 2.75) is 64.0 Å². The standard InChI is InChI=1S/C11H20O6/c1-5(12)8-6(13)7(14)9(10(15)16-8)17-11(2,3)4/h6-10,13-15H,1-4H3/t6-,7-,8+,9+,10+/m0/s1. The van der Waals surface area contributed by atoms with Gasteiger partial charge in [0.25, 0.3) is 0 Å². The van der Waals surface area contributed by atoms with E-state index in [4.69, 9.17) is 9.47 Å². The molecule has 1 aliphatic heterocycles. The van der Waals surface area contributed by atoms with Crippen LogP contribution in [0.4, 0.5) is 0 Å². The van der Waals surface area contributed by atoms with Crippen LogP contribution in [-0.4, -0.2) is 57.4 Å². The van der Waals surface area contributed by atoms with Crippen molar-refractivity contribution >= 4 is 5.78 Å². The van der Waals surface area contributed by atoms with Crippen LogP contribution in [-0.2, 0) is 14.3 Å². The van der Waals surface area contributed by atoms with Crippen molar-refractivity contribution in [2.75, 3.05) is 0 Å². The lowest BCUT2D eigenvalue weighted by Gasteiger charge is -2.41. The second-order valence-corrected chi connectivity index (χ2v) is 5.23. The number of carbonyl (C=O) groups excluding carboxylic acids is 1. The molecule has 0 aromatic carbocycles. The van der Waals surface area contributed by atoms with Crippen molar-refractivity contribution in [3.63, 3.8) is 0 Å². The molecule has 1 rings (SSSR count). The lowest BCUT2D eigenvalue weighted by molar-refractivity contribution is -0.300. The Morgan fingerprint density at radius 3 is 2.12 bits per heavy atom. The number of rotatable bonds is 2. The van der Waals surface area contributed by atoms with Gasteiger partial charge in [0.1, 0.15) is 24.4 Å². The number of carbonyl (C=O) groups is 1. The maximum atomic E-state index is 11.1. The normalized spacial score (nSPS) is 39.1.